The van der Waals surface area contributed by atoms with Crippen LogP contribution in [0.15, 0.2) is 87.1 Å². The second kappa shape index (κ2) is 10.7. The second-order valence-electron chi connectivity index (χ2n) is 7.53. The van der Waals surface area contributed by atoms with Gasteiger partial charge in [0.1, 0.15) is 23.0 Å². The molecule has 0 N–H and O–H groups in total. The van der Waals surface area contributed by atoms with Crippen LogP contribution in [0.3, 0.4) is 0 Å². The van der Waals surface area contributed by atoms with Crippen molar-refractivity contribution in [2.45, 2.75) is 11.8 Å². The highest BCUT2D eigenvalue weighted by atomic mass is 79.9. The van der Waals surface area contributed by atoms with Gasteiger partial charge in [0.2, 0.25) is 0 Å². The van der Waals surface area contributed by atoms with Crippen LogP contribution in [-0.2, 0) is 14.9 Å². The van der Waals surface area contributed by atoms with E-state index in [1.807, 2.05) is 25.1 Å². The fourth-order valence-electron chi connectivity index (χ4n) is 3.26. The van der Waals surface area contributed by atoms with E-state index in [1.54, 1.807) is 36.4 Å². The zero-order chi connectivity index (χ0) is 25.0. The van der Waals surface area contributed by atoms with Gasteiger partial charge >= 0.3 is 10.1 Å². The van der Waals surface area contributed by atoms with Crippen molar-refractivity contribution in [2.24, 2.45) is 0 Å². The molecule has 10 heteroatoms. The summed E-state index contributed by atoms with van der Waals surface area (Å²) in [5, 5.41) is -0.427. The lowest BCUT2D eigenvalue weighted by Gasteiger charge is -2.13. The summed E-state index contributed by atoms with van der Waals surface area (Å²) in [6.07, 6.45) is 1.45. The molecule has 0 bridgehead atoms. The van der Waals surface area contributed by atoms with Crippen molar-refractivity contribution in [3.8, 4) is 11.5 Å². The van der Waals surface area contributed by atoms with Gasteiger partial charge < -0.3 is 8.92 Å². The number of imide groups is 1. The molecule has 0 radical (unpaired) electrons. The first-order valence-corrected chi connectivity index (χ1v) is 13.5. The minimum atomic E-state index is -4.09. The number of amides is 2. The monoisotopic (exact) mass is 573 g/mol. The number of hydrogen-bond donors (Lipinski definition) is 0. The number of benzene rings is 3. The SMILES string of the molecule is Cc1cccc(OCCN2C(=O)S/C(=C\c3cc(Br)ccc3OS(=O)(=O)c3ccccc3)C2=O)c1. The van der Waals surface area contributed by atoms with E-state index in [1.165, 1.54) is 24.3 Å². The van der Waals surface area contributed by atoms with Crippen LogP contribution in [0.4, 0.5) is 4.79 Å². The number of ether oxygens (including phenoxy) is 1. The minimum absolute atomic E-state index is 0.00259. The molecule has 7 nitrogen and oxygen atoms in total. The Morgan fingerprint density at radius 1 is 1.00 bits per heavy atom. The van der Waals surface area contributed by atoms with Gasteiger partial charge in [0.15, 0.2) is 0 Å². The van der Waals surface area contributed by atoms with Gasteiger partial charge in [-0.15, -0.1) is 0 Å². The topological polar surface area (TPSA) is 90.0 Å². The molecule has 1 fully saturated rings. The molecule has 0 atom stereocenters. The summed E-state index contributed by atoms with van der Waals surface area (Å²) >= 11 is 4.13. The van der Waals surface area contributed by atoms with Gasteiger partial charge in [-0.25, -0.2) is 0 Å². The van der Waals surface area contributed by atoms with E-state index in [4.69, 9.17) is 8.92 Å². The maximum absolute atomic E-state index is 12.9. The van der Waals surface area contributed by atoms with E-state index in [2.05, 4.69) is 15.9 Å². The smallest absolute Gasteiger partial charge is 0.339 e. The molecule has 0 aromatic heterocycles. The number of carbonyl (C=O) groups excluding carboxylic acids is 2. The van der Waals surface area contributed by atoms with Crippen molar-refractivity contribution in [1.29, 1.82) is 0 Å². The van der Waals surface area contributed by atoms with Crippen molar-refractivity contribution in [1.82, 2.24) is 4.90 Å². The third kappa shape index (κ3) is 6.14. The van der Waals surface area contributed by atoms with Gasteiger partial charge in [-0.05, 0) is 72.8 Å². The number of hydrogen-bond acceptors (Lipinski definition) is 7. The van der Waals surface area contributed by atoms with E-state index >= 15 is 0 Å². The number of thioether (sulfide) groups is 1. The van der Waals surface area contributed by atoms with E-state index in [-0.39, 0.29) is 28.7 Å². The van der Waals surface area contributed by atoms with Crippen LogP contribution >= 0.6 is 27.7 Å². The summed E-state index contributed by atoms with van der Waals surface area (Å²) < 4.78 is 37.1. The molecule has 0 saturated carbocycles. The third-order valence-corrected chi connectivity index (χ3v) is 7.59. The Balaban J connectivity index is 1.51. The summed E-state index contributed by atoms with van der Waals surface area (Å²) in [5.74, 6) is 0.208. The van der Waals surface area contributed by atoms with Crippen molar-refractivity contribution in [3.63, 3.8) is 0 Å². The Labute approximate surface area is 216 Å². The van der Waals surface area contributed by atoms with Crippen molar-refractivity contribution < 1.29 is 26.9 Å². The zero-order valence-corrected chi connectivity index (χ0v) is 21.7. The molecule has 1 saturated heterocycles. The lowest BCUT2D eigenvalue weighted by Crippen LogP contribution is -2.32. The molecule has 1 aliphatic heterocycles. The van der Waals surface area contributed by atoms with Gasteiger partial charge in [0.25, 0.3) is 11.1 Å². The van der Waals surface area contributed by atoms with E-state index in [9.17, 15) is 18.0 Å². The average Bonchev–Trinajstić information content (AvgIpc) is 3.09. The van der Waals surface area contributed by atoms with Crippen LogP contribution in [0, 0.1) is 6.92 Å². The molecule has 1 aliphatic rings. The van der Waals surface area contributed by atoms with E-state index in [0.717, 1.165) is 22.2 Å². The van der Waals surface area contributed by atoms with Gasteiger partial charge in [0, 0.05) is 10.0 Å². The zero-order valence-electron chi connectivity index (χ0n) is 18.5. The molecular formula is C25H20BrNO6S2. The molecular weight excluding hydrogens is 554 g/mol. The van der Waals surface area contributed by atoms with Crippen molar-refractivity contribution >= 4 is 55.0 Å². The fourth-order valence-corrected chi connectivity index (χ4v) is 5.46. The van der Waals surface area contributed by atoms with Gasteiger partial charge in [-0.1, -0.05) is 46.3 Å². The van der Waals surface area contributed by atoms with Crippen LogP contribution in [0.5, 0.6) is 11.5 Å². The Morgan fingerprint density at radius 3 is 2.51 bits per heavy atom. The number of halogens is 1. The van der Waals surface area contributed by atoms with E-state index < -0.39 is 21.3 Å². The van der Waals surface area contributed by atoms with Crippen LogP contribution in [-0.4, -0.2) is 37.6 Å². The molecule has 35 heavy (non-hydrogen) atoms. The largest absolute Gasteiger partial charge is 0.492 e. The number of aryl methyl sites for hydroxylation is 1. The van der Waals surface area contributed by atoms with Crippen LogP contribution in [0.25, 0.3) is 6.08 Å². The van der Waals surface area contributed by atoms with Crippen molar-refractivity contribution in [3.05, 3.63) is 93.3 Å². The summed E-state index contributed by atoms with van der Waals surface area (Å²) in [6.45, 7) is 2.18. The van der Waals surface area contributed by atoms with Gasteiger partial charge in [0.05, 0.1) is 11.4 Å². The summed E-state index contributed by atoms with van der Waals surface area (Å²) in [7, 11) is -4.09. The maximum atomic E-state index is 12.9. The molecule has 3 aromatic carbocycles. The highest BCUT2D eigenvalue weighted by Crippen LogP contribution is 2.35. The first kappa shape index (κ1) is 25.0. The molecule has 4 rings (SSSR count). The predicted molar refractivity (Wildman–Crippen MR) is 138 cm³/mol. The molecule has 1 heterocycles. The molecule has 180 valence electrons. The molecule has 0 spiro atoms. The Kier molecular flexibility index (Phi) is 7.63. The second-order valence-corrected chi connectivity index (χ2v) is 11.0. The lowest BCUT2D eigenvalue weighted by atomic mass is 10.2. The first-order valence-electron chi connectivity index (χ1n) is 10.5. The standard InChI is InChI=1S/C25H20BrNO6S2/c1-17-6-5-7-20(14-17)32-13-12-27-24(28)23(34-25(27)29)16-18-15-19(26)10-11-22(18)33-35(30,31)21-8-3-2-4-9-21/h2-11,14-16H,12-13H2,1H3/b23-16-. The Bertz CT molecular complexity index is 1410. The number of carbonyl (C=O) groups is 2. The summed E-state index contributed by atoms with van der Waals surface area (Å²) in [6, 6.07) is 20.0. The van der Waals surface area contributed by atoms with Gasteiger partial charge in [-0.3, -0.25) is 14.5 Å². The van der Waals surface area contributed by atoms with Crippen LogP contribution in [0.1, 0.15) is 11.1 Å². The third-order valence-electron chi connectivity index (χ3n) is 4.94. The van der Waals surface area contributed by atoms with Crippen molar-refractivity contribution in [2.75, 3.05) is 13.2 Å². The molecule has 3 aromatic rings. The maximum Gasteiger partial charge on any atom is 0.339 e. The molecule has 2 amide bonds. The van der Waals surface area contributed by atoms with E-state index in [0.29, 0.717) is 15.8 Å². The number of nitrogens with zero attached hydrogens (tertiary/aromatic N) is 1. The van der Waals surface area contributed by atoms with Gasteiger partial charge in [-0.2, -0.15) is 8.42 Å². The molecule has 0 unspecified atom stereocenters. The Morgan fingerprint density at radius 2 is 1.77 bits per heavy atom. The normalized spacial score (nSPS) is 15.0. The Hall–Kier alpha value is -3.08. The van der Waals surface area contributed by atoms with Crippen LogP contribution in [0.2, 0.25) is 0 Å². The summed E-state index contributed by atoms with van der Waals surface area (Å²) in [4.78, 5) is 26.7. The fraction of sp³-hybridized carbons (Fsp3) is 0.120. The minimum Gasteiger partial charge on any atom is -0.492 e. The molecule has 0 aliphatic carbocycles. The highest BCUT2D eigenvalue weighted by Gasteiger charge is 2.35. The number of rotatable bonds is 8. The average molecular weight is 574 g/mol. The quantitative estimate of drug-likeness (QED) is 0.254. The predicted octanol–water partition coefficient (Wildman–Crippen LogP) is 5.64. The first-order chi connectivity index (χ1) is 16.7. The summed E-state index contributed by atoms with van der Waals surface area (Å²) in [5.41, 5.74) is 1.37. The lowest BCUT2D eigenvalue weighted by molar-refractivity contribution is -0.123. The van der Waals surface area contributed by atoms with Crippen LogP contribution < -0.4 is 8.92 Å². The highest BCUT2D eigenvalue weighted by molar-refractivity contribution is 9.10.